The molecule has 5 rings (SSSR count). The lowest BCUT2D eigenvalue weighted by Crippen LogP contribution is -2.38. The van der Waals surface area contributed by atoms with Crippen molar-refractivity contribution >= 4 is 11.7 Å². The summed E-state index contributed by atoms with van der Waals surface area (Å²) in [5.41, 5.74) is 5.36. The standard InChI is InChI=1S/C25H25N3O3/c1-16(29)28-13-21-24(22(30)14-28)20(11-17-5-3-2-4-6-17)25(27-21)19-9-10-26-12-23(19)31-15-18-7-8-18/h2-6,9-10,12,18,27H,7-8,11,13-15H2,1H3. The van der Waals surface area contributed by atoms with Crippen LogP contribution in [0.3, 0.4) is 0 Å². The number of H-pyrrole nitrogens is 1. The van der Waals surface area contributed by atoms with Crippen molar-refractivity contribution < 1.29 is 14.3 Å². The van der Waals surface area contributed by atoms with Crippen molar-refractivity contribution in [1.29, 1.82) is 0 Å². The summed E-state index contributed by atoms with van der Waals surface area (Å²) < 4.78 is 6.11. The van der Waals surface area contributed by atoms with Gasteiger partial charge in [0.25, 0.3) is 0 Å². The summed E-state index contributed by atoms with van der Waals surface area (Å²) >= 11 is 0. The van der Waals surface area contributed by atoms with Crippen molar-refractivity contribution in [2.24, 2.45) is 5.92 Å². The highest BCUT2D eigenvalue weighted by atomic mass is 16.5. The Balaban J connectivity index is 1.61. The Bertz CT molecular complexity index is 1130. The molecule has 1 aromatic carbocycles. The number of Topliss-reactive ketones (excluding diaryl/α,β-unsaturated/α-hetero) is 1. The van der Waals surface area contributed by atoms with Crippen LogP contribution in [0.15, 0.2) is 48.8 Å². The number of hydrogen-bond acceptors (Lipinski definition) is 4. The van der Waals surface area contributed by atoms with Gasteiger partial charge in [0.15, 0.2) is 5.78 Å². The molecule has 1 N–H and O–H groups in total. The second kappa shape index (κ2) is 8.02. The Morgan fingerprint density at radius 3 is 2.74 bits per heavy atom. The number of ether oxygens (including phenoxy) is 1. The van der Waals surface area contributed by atoms with Gasteiger partial charge in [-0.05, 0) is 36.0 Å². The Kier molecular flexibility index (Phi) is 5.06. The minimum atomic E-state index is -0.0999. The van der Waals surface area contributed by atoms with Crippen LogP contribution in [0.5, 0.6) is 5.75 Å². The molecule has 0 bridgehead atoms. The number of hydrogen-bond donors (Lipinski definition) is 1. The number of fused-ring (bicyclic) bond motifs is 1. The van der Waals surface area contributed by atoms with Crippen LogP contribution in [0.2, 0.25) is 0 Å². The molecule has 3 aromatic rings. The van der Waals surface area contributed by atoms with Gasteiger partial charge in [-0.2, -0.15) is 0 Å². The molecule has 2 aliphatic rings. The zero-order valence-electron chi connectivity index (χ0n) is 17.6. The number of benzene rings is 1. The van der Waals surface area contributed by atoms with Crippen molar-refractivity contribution in [3.05, 3.63) is 71.2 Å². The number of nitrogens with one attached hydrogen (secondary N) is 1. The highest BCUT2D eigenvalue weighted by molar-refractivity contribution is 6.04. The van der Waals surface area contributed by atoms with Crippen molar-refractivity contribution in [1.82, 2.24) is 14.9 Å². The quantitative estimate of drug-likeness (QED) is 0.660. The summed E-state index contributed by atoms with van der Waals surface area (Å²) in [7, 11) is 0. The molecule has 2 aromatic heterocycles. The summed E-state index contributed by atoms with van der Waals surface area (Å²) in [4.78, 5) is 34.4. The lowest BCUT2D eigenvalue weighted by Gasteiger charge is -2.25. The van der Waals surface area contributed by atoms with E-state index < -0.39 is 0 Å². The number of amides is 1. The van der Waals surface area contributed by atoms with Crippen molar-refractivity contribution in [2.75, 3.05) is 13.2 Å². The molecule has 1 fully saturated rings. The van der Waals surface area contributed by atoms with Crippen molar-refractivity contribution in [3.8, 4) is 17.0 Å². The van der Waals surface area contributed by atoms with Gasteiger partial charge in [-0.1, -0.05) is 30.3 Å². The summed E-state index contributed by atoms with van der Waals surface area (Å²) in [6.45, 7) is 2.70. The lowest BCUT2D eigenvalue weighted by molar-refractivity contribution is -0.129. The maximum Gasteiger partial charge on any atom is 0.220 e. The zero-order chi connectivity index (χ0) is 21.4. The number of nitrogens with zero attached hydrogens (tertiary/aromatic N) is 2. The van der Waals surface area contributed by atoms with Gasteiger partial charge >= 0.3 is 0 Å². The maximum absolute atomic E-state index is 13.1. The van der Waals surface area contributed by atoms with Gasteiger partial charge in [0.1, 0.15) is 5.75 Å². The molecule has 6 nitrogen and oxygen atoms in total. The van der Waals surface area contributed by atoms with E-state index in [0.29, 0.717) is 31.1 Å². The van der Waals surface area contributed by atoms with Gasteiger partial charge in [0, 0.05) is 36.4 Å². The zero-order valence-corrected chi connectivity index (χ0v) is 17.6. The molecule has 31 heavy (non-hydrogen) atoms. The molecule has 0 unspecified atom stereocenters. The molecule has 1 saturated carbocycles. The third-order valence-electron chi connectivity index (χ3n) is 6.04. The van der Waals surface area contributed by atoms with E-state index >= 15 is 0 Å². The van der Waals surface area contributed by atoms with Gasteiger partial charge < -0.3 is 14.6 Å². The van der Waals surface area contributed by atoms with Gasteiger partial charge in [-0.15, -0.1) is 0 Å². The Morgan fingerprint density at radius 1 is 1.19 bits per heavy atom. The molecule has 6 heteroatoms. The molecule has 158 valence electrons. The van der Waals surface area contributed by atoms with E-state index in [0.717, 1.165) is 33.8 Å². The molecule has 0 radical (unpaired) electrons. The second-order valence-electron chi connectivity index (χ2n) is 8.42. The molecule has 0 spiro atoms. The maximum atomic E-state index is 13.1. The number of aromatic nitrogens is 2. The number of aromatic amines is 1. The van der Waals surface area contributed by atoms with Crippen LogP contribution >= 0.6 is 0 Å². The van der Waals surface area contributed by atoms with E-state index in [1.54, 1.807) is 17.3 Å². The fourth-order valence-corrected chi connectivity index (χ4v) is 4.17. The first-order chi connectivity index (χ1) is 15.1. The summed E-state index contributed by atoms with van der Waals surface area (Å²) in [6.07, 6.45) is 6.53. The van der Waals surface area contributed by atoms with Crippen LogP contribution in [0, 0.1) is 5.92 Å². The van der Waals surface area contributed by atoms with Gasteiger partial charge in [-0.25, -0.2) is 0 Å². The van der Waals surface area contributed by atoms with E-state index in [4.69, 9.17) is 4.74 Å². The summed E-state index contributed by atoms with van der Waals surface area (Å²) in [5, 5.41) is 0. The SMILES string of the molecule is CC(=O)N1CC(=O)c2c([nH]c(-c3ccncc3OCC3CC3)c2Cc2ccccc2)C1. The van der Waals surface area contributed by atoms with Gasteiger partial charge in [0.2, 0.25) is 5.91 Å². The monoisotopic (exact) mass is 415 g/mol. The van der Waals surface area contributed by atoms with E-state index in [1.807, 2.05) is 24.3 Å². The van der Waals surface area contributed by atoms with E-state index in [2.05, 4.69) is 22.1 Å². The number of ketones is 1. The third kappa shape index (κ3) is 3.98. The Labute approximate surface area is 181 Å². The molecule has 0 saturated heterocycles. The summed E-state index contributed by atoms with van der Waals surface area (Å²) in [5.74, 6) is 1.22. The van der Waals surface area contributed by atoms with Crippen LogP contribution in [-0.4, -0.2) is 39.7 Å². The molecule has 3 heterocycles. The minimum absolute atomic E-state index is 0.0283. The van der Waals surface area contributed by atoms with Crippen LogP contribution < -0.4 is 4.74 Å². The van der Waals surface area contributed by atoms with Crippen molar-refractivity contribution in [2.45, 2.75) is 32.7 Å². The molecule has 1 aliphatic heterocycles. The van der Waals surface area contributed by atoms with Crippen LogP contribution in [0.1, 0.15) is 46.9 Å². The van der Waals surface area contributed by atoms with E-state index in [1.165, 1.54) is 19.8 Å². The molecule has 0 atom stereocenters. The number of carbonyl (C=O) groups is 2. The minimum Gasteiger partial charge on any atom is -0.491 e. The molecule has 1 aliphatic carbocycles. The number of pyridine rings is 1. The predicted molar refractivity (Wildman–Crippen MR) is 117 cm³/mol. The van der Waals surface area contributed by atoms with Gasteiger partial charge in [0.05, 0.1) is 31.6 Å². The molecular formula is C25H25N3O3. The predicted octanol–water partition coefficient (Wildman–Crippen LogP) is 4.00. The third-order valence-corrected chi connectivity index (χ3v) is 6.04. The van der Waals surface area contributed by atoms with E-state index in [-0.39, 0.29) is 18.2 Å². The smallest absolute Gasteiger partial charge is 0.220 e. The second-order valence-corrected chi connectivity index (χ2v) is 8.42. The largest absolute Gasteiger partial charge is 0.491 e. The number of rotatable bonds is 6. The van der Waals surface area contributed by atoms with E-state index in [9.17, 15) is 9.59 Å². The molecule has 1 amide bonds. The first kappa shape index (κ1) is 19.5. The topological polar surface area (TPSA) is 75.3 Å². The average molecular weight is 415 g/mol. The fourth-order valence-electron chi connectivity index (χ4n) is 4.17. The Morgan fingerprint density at radius 2 is 2.00 bits per heavy atom. The Hall–Kier alpha value is -3.41. The normalized spacial score (nSPS) is 15.6. The van der Waals surface area contributed by atoms with Crippen molar-refractivity contribution in [3.63, 3.8) is 0 Å². The van der Waals surface area contributed by atoms with Gasteiger partial charge in [-0.3, -0.25) is 14.6 Å². The highest BCUT2D eigenvalue weighted by Gasteiger charge is 2.32. The number of carbonyl (C=O) groups excluding carboxylic acids is 2. The van der Waals surface area contributed by atoms with Crippen LogP contribution in [-0.2, 0) is 17.8 Å². The highest BCUT2D eigenvalue weighted by Crippen LogP contribution is 2.38. The van der Waals surface area contributed by atoms with Crippen LogP contribution in [0.4, 0.5) is 0 Å². The first-order valence-corrected chi connectivity index (χ1v) is 10.7. The summed E-state index contributed by atoms with van der Waals surface area (Å²) in [6, 6.07) is 12.1. The first-order valence-electron chi connectivity index (χ1n) is 10.7. The molecular weight excluding hydrogens is 390 g/mol. The average Bonchev–Trinajstić information content (AvgIpc) is 3.54. The fraction of sp³-hybridized carbons (Fsp3) is 0.320. The van der Waals surface area contributed by atoms with Crippen LogP contribution in [0.25, 0.3) is 11.3 Å². The lowest BCUT2D eigenvalue weighted by atomic mass is 9.93.